The molecule has 2 heterocycles. The van der Waals surface area contributed by atoms with Crippen LogP contribution in [0.4, 0.5) is 10.7 Å². The van der Waals surface area contributed by atoms with Crippen molar-refractivity contribution < 1.29 is 28.8 Å². The van der Waals surface area contributed by atoms with Crippen molar-refractivity contribution in [2.24, 2.45) is 5.92 Å². The van der Waals surface area contributed by atoms with Crippen LogP contribution in [0.1, 0.15) is 40.4 Å². The minimum atomic E-state index is -0.844. The molecule has 2 aromatic carbocycles. The first kappa shape index (κ1) is 21.7. The molecule has 0 bridgehead atoms. The van der Waals surface area contributed by atoms with Crippen LogP contribution >= 0.6 is 0 Å². The zero-order valence-corrected chi connectivity index (χ0v) is 18.3. The predicted molar refractivity (Wildman–Crippen MR) is 121 cm³/mol. The van der Waals surface area contributed by atoms with Gasteiger partial charge in [0.05, 0.1) is 5.92 Å². The molecule has 2 aliphatic rings. The highest BCUT2D eigenvalue weighted by Gasteiger charge is 2.30. The number of carboxylic acid groups (broad SMARTS) is 1. The van der Waals surface area contributed by atoms with E-state index in [4.69, 9.17) is 14.4 Å². The number of aromatic nitrogens is 1. The number of nitrogens with zero attached hydrogens (tertiary/aromatic N) is 2. The number of anilines is 1. The van der Waals surface area contributed by atoms with Gasteiger partial charge >= 0.3 is 12.1 Å². The third kappa shape index (κ3) is 4.12. The molecular formula is C25H23N3O6. The molecule has 0 atom stereocenters. The fourth-order valence-electron chi connectivity index (χ4n) is 4.66. The van der Waals surface area contributed by atoms with Gasteiger partial charge in [-0.15, -0.1) is 0 Å². The van der Waals surface area contributed by atoms with E-state index in [0.29, 0.717) is 25.9 Å². The third-order valence-electron chi connectivity index (χ3n) is 6.43. The molecule has 5 rings (SSSR count). The average Bonchev–Trinajstić information content (AvgIpc) is 3.45. The van der Waals surface area contributed by atoms with E-state index < -0.39 is 18.0 Å². The lowest BCUT2D eigenvalue weighted by Gasteiger charge is -2.29. The van der Waals surface area contributed by atoms with Crippen LogP contribution in [0.5, 0.6) is 0 Å². The van der Waals surface area contributed by atoms with Crippen LogP contribution in [0.2, 0.25) is 0 Å². The summed E-state index contributed by atoms with van der Waals surface area (Å²) >= 11 is 0. The van der Waals surface area contributed by atoms with Crippen LogP contribution in [0.3, 0.4) is 0 Å². The van der Waals surface area contributed by atoms with Crippen LogP contribution in [0.25, 0.3) is 11.1 Å². The maximum Gasteiger partial charge on any atom is 0.414 e. The summed E-state index contributed by atoms with van der Waals surface area (Å²) in [6.45, 7) is 0.813. The topological polar surface area (TPSA) is 122 Å². The van der Waals surface area contributed by atoms with Gasteiger partial charge in [-0.05, 0) is 35.1 Å². The van der Waals surface area contributed by atoms with E-state index in [2.05, 4.69) is 22.6 Å². The smallest absolute Gasteiger partial charge is 0.414 e. The van der Waals surface area contributed by atoms with Gasteiger partial charge in [0.25, 0.3) is 5.91 Å². The maximum atomic E-state index is 12.6. The van der Waals surface area contributed by atoms with Crippen molar-refractivity contribution >= 4 is 23.9 Å². The summed E-state index contributed by atoms with van der Waals surface area (Å²) in [4.78, 5) is 37.6. The quantitative estimate of drug-likeness (QED) is 0.589. The van der Waals surface area contributed by atoms with Gasteiger partial charge in [-0.3, -0.25) is 14.9 Å². The zero-order chi connectivity index (χ0) is 23.7. The average molecular weight is 461 g/mol. The highest BCUT2D eigenvalue weighted by atomic mass is 16.6. The second-order valence-corrected chi connectivity index (χ2v) is 8.43. The van der Waals surface area contributed by atoms with Crippen molar-refractivity contribution in [3.8, 4) is 11.1 Å². The molecular weight excluding hydrogens is 438 g/mol. The summed E-state index contributed by atoms with van der Waals surface area (Å²) in [5.74, 6) is -1.72. The van der Waals surface area contributed by atoms with E-state index in [-0.39, 0.29) is 30.0 Å². The molecule has 34 heavy (non-hydrogen) atoms. The van der Waals surface area contributed by atoms with Gasteiger partial charge in [-0.1, -0.05) is 53.7 Å². The molecule has 0 unspecified atom stereocenters. The number of nitrogens with one attached hydrogen (secondary N) is 1. The molecule has 1 fully saturated rings. The highest BCUT2D eigenvalue weighted by Crippen LogP contribution is 2.44. The van der Waals surface area contributed by atoms with Crippen LogP contribution in [0.15, 0.2) is 59.1 Å². The van der Waals surface area contributed by atoms with Gasteiger partial charge in [0.2, 0.25) is 5.88 Å². The molecule has 3 aromatic rings. The van der Waals surface area contributed by atoms with E-state index in [9.17, 15) is 14.4 Å². The fourth-order valence-corrected chi connectivity index (χ4v) is 4.66. The van der Waals surface area contributed by atoms with Crippen LogP contribution in [0, 0.1) is 5.92 Å². The Morgan fingerprint density at radius 2 is 1.65 bits per heavy atom. The SMILES string of the molecule is O=C(Nc1cc(C(=O)N2CCC(C(=O)O)CC2)no1)OCC1c2ccccc2-c2ccccc21. The molecule has 1 aliphatic carbocycles. The standard InChI is InChI=1S/C25H23N3O6/c29-23(28-11-9-15(10-12-28)24(30)31)21-13-22(34-27-21)26-25(32)33-14-20-18-7-3-1-5-16(18)17-6-2-4-8-19(17)20/h1-8,13,15,20H,9-12,14H2,(H,26,32)(H,30,31). The van der Waals surface area contributed by atoms with E-state index in [0.717, 1.165) is 22.3 Å². The number of piperidine rings is 1. The van der Waals surface area contributed by atoms with Crippen molar-refractivity contribution in [3.05, 3.63) is 71.4 Å². The van der Waals surface area contributed by atoms with Crippen LogP contribution < -0.4 is 5.32 Å². The molecule has 0 saturated carbocycles. The van der Waals surface area contributed by atoms with Gasteiger partial charge in [0.1, 0.15) is 6.61 Å². The molecule has 9 heteroatoms. The van der Waals surface area contributed by atoms with Gasteiger partial charge in [-0.25, -0.2) is 4.79 Å². The second kappa shape index (κ2) is 9.01. The second-order valence-electron chi connectivity index (χ2n) is 8.43. The van der Waals surface area contributed by atoms with E-state index in [1.54, 1.807) is 0 Å². The number of aliphatic carboxylic acids is 1. The summed E-state index contributed by atoms with van der Waals surface area (Å²) in [6, 6.07) is 17.4. The molecule has 1 saturated heterocycles. The van der Waals surface area contributed by atoms with Gasteiger partial charge < -0.3 is 19.3 Å². The van der Waals surface area contributed by atoms with E-state index in [1.807, 2.05) is 36.4 Å². The molecule has 9 nitrogen and oxygen atoms in total. The fraction of sp³-hybridized carbons (Fsp3) is 0.280. The zero-order valence-electron chi connectivity index (χ0n) is 18.3. The number of rotatable bonds is 5. The number of carbonyl (C=O) groups is 3. The molecule has 1 aliphatic heterocycles. The molecule has 0 radical (unpaired) electrons. The number of likely N-dealkylation sites (tertiary alicyclic amines) is 1. The summed E-state index contributed by atoms with van der Waals surface area (Å²) < 4.78 is 10.6. The van der Waals surface area contributed by atoms with Crippen molar-refractivity contribution in [3.63, 3.8) is 0 Å². The number of carboxylic acids is 1. The van der Waals surface area contributed by atoms with Crippen LogP contribution in [-0.4, -0.2) is 52.8 Å². The number of amides is 2. The Morgan fingerprint density at radius 1 is 1.03 bits per heavy atom. The monoisotopic (exact) mass is 461 g/mol. The normalized spacial score (nSPS) is 15.5. The minimum Gasteiger partial charge on any atom is -0.481 e. The Hall–Kier alpha value is -4.14. The number of fused-ring (bicyclic) bond motifs is 3. The lowest BCUT2D eigenvalue weighted by Crippen LogP contribution is -2.40. The van der Waals surface area contributed by atoms with Crippen molar-refractivity contribution in [2.75, 3.05) is 25.0 Å². The Kier molecular flexibility index (Phi) is 5.75. The Bertz CT molecular complexity index is 1200. The summed E-state index contributed by atoms with van der Waals surface area (Å²) in [5.41, 5.74) is 4.53. The lowest BCUT2D eigenvalue weighted by atomic mass is 9.97. The summed E-state index contributed by atoms with van der Waals surface area (Å²) in [5, 5.41) is 15.3. The summed E-state index contributed by atoms with van der Waals surface area (Å²) in [6.07, 6.45) is 0.0763. The lowest BCUT2D eigenvalue weighted by molar-refractivity contribution is -0.143. The molecule has 0 spiro atoms. The number of ether oxygens (including phenoxy) is 1. The molecule has 2 amide bonds. The predicted octanol–water partition coefficient (Wildman–Crippen LogP) is 3.97. The van der Waals surface area contributed by atoms with Gasteiger partial charge in [-0.2, -0.15) is 0 Å². The van der Waals surface area contributed by atoms with Crippen molar-refractivity contribution in [1.82, 2.24) is 10.1 Å². The molecule has 174 valence electrons. The van der Waals surface area contributed by atoms with Crippen molar-refractivity contribution in [1.29, 1.82) is 0 Å². The van der Waals surface area contributed by atoms with E-state index >= 15 is 0 Å². The Labute approximate surface area is 195 Å². The number of hydrogen-bond acceptors (Lipinski definition) is 6. The first-order valence-corrected chi connectivity index (χ1v) is 11.1. The highest BCUT2D eigenvalue weighted by molar-refractivity contribution is 5.94. The first-order valence-electron chi connectivity index (χ1n) is 11.1. The Balaban J connectivity index is 1.18. The minimum absolute atomic E-state index is 0.000921. The third-order valence-corrected chi connectivity index (χ3v) is 6.43. The largest absolute Gasteiger partial charge is 0.481 e. The number of benzene rings is 2. The van der Waals surface area contributed by atoms with Gasteiger partial charge in [0.15, 0.2) is 5.69 Å². The molecule has 2 N–H and O–H groups in total. The van der Waals surface area contributed by atoms with Crippen LogP contribution in [-0.2, 0) is 9.53 Å². The Morgan fingerprint density at radius 3 is 2.26 bits per heavy atom. The van der Waals surface area contributed by atoms with Crippen molar-refractivity contribution in [2.45, 2.75) is 18.8 Å². The first-order chi connectivity index (χ1) is 16.5. The maximum absolute atomic E-state index is 12.6. The summed E-state index contributed by atoms with van der Waals surface area (Å²) in [7, 11) is 0. The van der Waals surface area contributed by atoms with Gasteiger partial charge in [0, 0.05) is 25.1 Å². The number of carbonyl (C=O) groups excluding carboxylic acids is 2. The van der Waals surface area contributed by atoms with E-state index in [1.165, 1.54) is 11.0 Å². The molecule has 1 aromatic heterocycles. The number of hydrogen-bond donors (Lipinski definition) is 2.